The first-order valence-electron chi connectivity index (χ1n) is 5.33. The van der Waals surface area contributed by atoms with Crippen molar-refractivity contribution in [2.45, 2.75) is 32.5 Å². The van der Waals surface area contributed by atoms with Crippen molar-refractivity contribution in [1.29, 1.82) is 0 Å². The molecular formula is C12H17FO3. The van der Waals surface area contributed by atoms with Crippen molar-refractivity contribution in [1.82, 2.24) is 0 Å². The molecule has 0 aliphatic rings. The van der Waals surface area contributed by atoms with E-state index in [0.717, 1.165) is 0 Å². The molecule has 3 nitrogen and oxygen atoms in total. The highest BCUT2D eigenvalue weighted by molar-refractivity contribution is 5.35. The van der Waals surface area contributed by atoms with E-state index in [2.05, 4.69) is 0 Å². The summed E-state index contributed by atoms with van der Waals surface area (Å²) in [5.41, 5.74) is 0.392. The van der Waals surface area contributed by atoms with Crippen molar-refractivity contribution < 1.29 is 19.3 Å². The van der Waals surface area contributed by atoms with Crippen LogP contribution in [-0.2, 0) is 0 Å². The first-order chi connectivity index (χ1) is 7.54. The third-order valence-corrected chi connectivity index (χ3v) is 2.32. The fourth-order valence-electron chi connectivity index (χ4n) is 1.28. The van der Waals surface area contributed by atoms with E-state index in [9.17, 15) is 14.6 Å². The van der Waals surface area contributed by atoms with Crippen molar-refractivity contribution in [2.75, 3.05) is 6.61 Å². The van der Waals surface area contributed by atoms with E-state index < -0.39 is 18.0 Å². The minimum absolute atomic E-state index is 0.141. The predicted octanol–water partition coefficient (Wildman–Crippen LogP) is 2.03. The average Bonchev–Trinajstić information content (AvgIpc) is 2.26. The molecule has 0 aliphatic carbocycles. The normalized spacial score (nSPS) is 14.6. The van der Waals surface area contributed by atoms with Gasteiger partial charge in [-0.1, -0.05) is 6.92 Å². The van der Waals surface area contributed by atoms with Crippen LogP contribution in [0, 0.1) is 5.82 Å². The highest BCUT2D eigenvalue weighted by atomic mass is 19.1. The zero-order chi connectivity index (χ0) is 12.1. The molecule has 0 amide bonds. The Morgan fingerprint density at radius 2 is 2.06 bits per heavy atom. The molecule has 0 heterocycles. The van der Waals surface area contributed by atoms with E-state index in [1.165, 1.54) is 25.1 Å². The molecule has 4 heteroatoms. The molecule has 1 aromatic rings. The summed E-state index contributed by atoms with van der Waals surface area (Å²) < 4.78 is 18.3. The van der Waals surface area contributed by atoms with Gasteiger partial charge in [0.05, 0.1) is 12.2 Å². The van der Waals surface area contributed by atoms with Crippen molar-refractivity contribution in [2.24, 2.45) is 0 Å². The van der Waals surface area contributed by atoms with E-state index in [4.69, 9.17) is 4.74 Å². The minimum Gasteiger partial charge on any atom is -0.491 e. The second-order valence-electron chi connectivity index (χ2n) is 3.73. The molecule has 0 saturated heterocycles. The average molecular weight is 228 g/mol. The first kappa shape index (κ1) is 12.9. The second kappa shape index (κ2) is 5.82. The third kappa shape index (κ3) is 3.47. The molecular weight excluding hydrogens is 211 g/mol. The van der Waals surface area contributed by atoms with Crippen LogP contribution in [0.5, 0.6) is 5.75 Å². The molecule has 0 fully saturated rings. The molecule has 16 heavy (non-hydrogen) atoms. The second-order valence-corrected chi connectivity index (χ2v) is 3.73. The largest absolute Gasteiger partial charge is 0.491 e. The number of ether oxygens (including phenoxy) is 1. The van der Waals surface area contributed by atoms with Gasteiger partial charge in [-0.2, -0.15) is 0 Å². The van der Waals surface area contributed by atoms with E-state index in [1.54, 1.807) is 0 Å². The fourth-order valence-corrected chi connectivity index (χ4v) is 1.28. The van der Waals surface area contributed by atoms with Gasteiger partial charge in [0.1, 0.15) is 18.2 Å². The summed E-state index contributed by atoms with van der Waals surface area (Å²) in [7, 11) is 0. The molecule has 2 N–H and O–H groups in total. The lowest BCUT2D eigenvalue weighted by Gasteiger charge is -2.15. The van der Waals surface area contributed by atoms with Crippen LogP contribution in [0.4, 0.5) is 4.39 Å². The monoisotopic (exact) mass is 228 g/mol. The van der Waals surface area contributed by atoms with Gasteiger partial charge in [-0.25, -0.2) is 4.39 Å². The van der Waals surface area contributed by atoms with Crippen molar-refractivity contribution in [3.05, 3.63) is 29.6 Å². The summed E-state index contributed by atoms with van der Waals surface area (Å²) in [6.07, 6.45) is -0.762. The van der Waals surface area contributed by atoms with Crippen molar-refractivity contribution >= 4 is 0 Å². The van der Waals surface area contributed by atoms with Crippen LogP contribution >= 0.6 is 0 Å². The standard InChI is InChI=1S/C12H17FO3/c1-3-10(15)7-16-12-5-4-9(13)6-11(12)8(2)14/h4-6,8,10,14-15H,3,7H2,1-2H3/t8-,10?/m1/s1. The van der Waals surface area contributed by atoms with Gasteiger partial charge < -0.3 is 14.9 Å². The Balaban J connectivity index is 2.78. The molecule has 0 aromatic heterocycles. The quantitative estimate of drug-likeness (QED) is 0.810. The highest BCUT2D eigenvalue weighted by Crippen LogP contribution is 2.26. The van der Waals surface area contributed by atoms with Crippen molar-refractivity contribution in [3.8, 4) is 5.75 Å². The van der Waals surface area contributed by atoms with Crippen LogP contribution in [0.3, 0.4) is 0 Å². The summed E-state index contributed by atoms with van der Waals surface area (Å²) in [4.78, 5) is 0. The maximum Gasteiger partial charge on any atom is 0.125 e. The topological polar surface area (TPSA) is 49.7 Å². The molecule has 1 unspecified atom stereocenters. The van der Waals surface area contributed by atoms with Crippen LogP contribution in [0.25, 0.3) is 0 Å². The predicted molar refractivity (Wildman–Crippen MR) is 58.8 cm³/mol. The molecule has 0 spiro atoms. The summed E-state index contributed by atoms with van der Waals surface area (Å²) in [5, 5.41) is 18.8. The Labute approximate surface area is 94.5 Å². The van der Waals surface area contributed by atoms with E-state index >= 15 is 0 Å². The SMILES string of the molecule is CCC(O)COc1ccc(F)cc1[C@@H](C)O. The van der Waals surface area contributed by atoms with E-state index in [-0.39, 0.29) is 6.61 Å². The Morgan fingerprint density at radius 3 is 2.62 bits per heavy atom. The Morgan fingerprint density at radius 1 is 1.38 bits per heavy atom. The molecule has 0 aliphatic heterocycles. The summed E-state index contributed by atoms with van der Waals surface area (Å²) in [6, 6.07) is 3.96. The molecule has 1 rings (SSSR count). The maximum atomic E-state index is 13.0. The lowest BCUT2D eigenvalue weighted by molar-refractivity contribution is 0.101. The zero-order valence-corrected chi connectivity index (χ0v) is 9.48. The molecule has 0 saturated carbocycles. The molecule has 90 valence electrons. The van der Waals surface area contributed by atoms with Crippen LogP contribution in [0.15, 0.2) is 18.2 Å². The van der Waals surface area contributed by atoms with E-state index in [1.807, 2.05) is 6.92 Å². The summed E-state index contributed by atoms with van der Waals surface area (Å²) in [6.45, 7) is 3.52. The van der Waals surface area contributed by atoms with Gasteiger partial charge in [-0.15, -0.1) is 0 Å². The Hall–Kier alpha value is -1.13. The lowest BCUT2D eigenvalue weighted by Crippen LogP contribution is -2.17. The van der Waals surface area contributed by atoms with Gasteiger partial charge in [0.15, 0.2) is 0 Å². The summed E-state index contributed by atoms with van der Waals surface area (Å²) in [5.74, 6) is -0.0109. The summed E-state index contributed by atoms with van der Waals surface area (Å²) >= 11 is 0. The maximum absolute atomic E-state index is 13.0. The first-order valence-corrected chi connectivity index (χ1v) is 5.33. The smallest absolute Gasteiger partial charge is 0.125 e. The molecule has 1 aromatic carbocycles. The minimum atomic E-state index is -0.801. The van der Waals surface area contributed by atoms with Gasteiger partial charge >= 0.3 is 0 Å². The molecule has 2 atom stereocenters. The van der Waals surface area contributed by atoms with Crippen LogP contribution in [-0.4, -0.2) is 22.9 Å². The van der Waals surface area contributed by atoms with E-state index in [0.29, 0.717) is 17.7 Å². The number of rotatable bonds is 5. The number of benzene rings is 1. The fraction of sp³-hybridized carbons (Fsp3) is 0.500. The van der Waals surface area contributed by atoms with Crippen LogP contribution < -0.4 is 4.74 Å². The number of aliphatic hydroxyl groups is 2. The Bertz CT molecular complexity index is 339. The zero-order valence-electron chi connectivity index (χ0n) is 9.48. The number of halogens is 1. The molecule has 0 bridgehead atoms. The number of aliphatic hydroxyl groups excluding tert-OH is 2. The Kier molecular flexibility index (Phi) is 4.71. The highest BCUT2D eigenvalue weighted by Gasteiger charge is 2.11. The van der Waals surface area contributed by atoms with Gasteiger partial charge in [-0.3, -0.25) is 0 Å². The number of hydrogen-bond acceptors (Lipinski definition) is 3. The van der Waals surface area contributed by atoms with Crippen LogP contribution in [0.1, 0.15) is 31.9 Å². The van der Waals surface area contributed by atoms with Crippen LogP contribution in [0.2, 0.25) is 0 Å². The third-order valence-electron chi connectivity index (χ3n) is 2.32. The molecule has 0 radical (unpaired) electrons. The van der Waals surface area contributed by atoms with Gasteiger partial charge in [-0.05, 0) is 31.5 Å². The van der Waals surface area contributed by atoms with Gasteiger partial charge in [0.2, 0.25) is 0 Å². The lowest BCUT2D eigenvalue weighted by atomic mass is 10.1. The van der Waals surface area contributed by atoms with Crippen molar-refractivity contribution in [3.63, 3.8) is 0 Å². The van der Waals surface area contributed by atoms with Gasteiger partial charge in [0.25, 0.3) is 0 Å². The number of hydrogen-bond donors (Lipinski definition) is 2. The van der Waals surface area contributed by atoms with Gasteiger partial charge in [0, 0.05) is 5.56 Å².